The minimum Gasteiger partial charge on any atom is -0.345 e. The van der Waals surface area contributed by atoms with Gasteiger partial charge in [0, 0.05) is 30.8 Å². The molecule has 4 heteroatoms. The van der Waals surface area contributed by atoms with Gasteiger partial charge in [0.2, 0.25) is 0 Å². The zero-order valence-electron chi connectivity index (χ0n) is 12.2. The van der Waals surface area contributed by atoms with Crippen LogP contribution in [-0.4, -0.2) is 28.5 Å². The van der Waals surface area contributed by atoms with E-state index in [1.165, 1.54) is 44.9 Å². The SMILES string of the molecule is Cn1cc(Br)cc1C(=O)N1CCC2(CCCCC2)CC1. The molecule has 20 heavy (non-hydrogen) atoms. The minimum atomic E-state index is 0.184. The summed E-state index contributed by atoms with van der Waals surface area (Å²) >= 11 is 3.44. The molecule has 1 aromatic rings. The fourth-order valence-electron chi connectivity index (χ4n) is 3.88. The molecule has 1 aliphatic carbocycles. The molecule has 1 saturated heterocycles. The smallest absolute Gasteiger partial charge is 0.270 e. The average molecular weight is 339 g/mol. The highest BCUT2D eigenvalue weighted by Gasteiger charge is 2.37. The van der Waals surface area contributed by atoms with Gasteiger partial charge in [-0.1, -0.05) is 19.3 Å². The Labute approximate surface area is 129 Å². The predicted molar refractivity (Wildman–Crippen MR) is 83.8 cm³/mol. The molecule has 2 fully saturated rings. The van der Waals surface area contributed by atoms with Crippen LogP contribution in [0.2, 0.25) is 0 Å². The fraction of sp³-hybridized carbons (Fsp3) is 0.688. The molecule has 0 bridgehead atoms. The number of hydrogen-bond donors (Lipinski definition) is 0. The molecule has 3 nitrogen and oxygen atoms in total. The van der Waals surface area contributed by atoms with Gasteiger partial charge in [-0.2, -0.15) is 0 Å². The van der Waals surface area contributed by atoms with Crippen LogP contribution >= 0.6 is 15.9 Å². The number of carbonyl (C=O) groups is 1. The van der Waals surface area contributed by atoms with E-state index < -0.39 is 0 Å². The lowest BCUT2D eigenvalue weighted by molar-refractivity contribution is 0.0464. The quantitative estimate of drug-likeness (QED) is 0.760. The van der Waals surface area contributed by atoms with Crippen LogP contribution in [0.5, 0.6) is 0 Å². The zero-order chi connectivity index (χ0) is 14.2. The highest BCUT2D eigenvalue weighted by molar-refractivity contribution is 9.10. The van der Waals surface area contributed by atoms with Gasteiger partial charge >= 0.3 is 0 Å². The Hall–Kier alpha value is -0.770. The number of carbonyl (C=O) groups excluding carboxylic acids is 1. The summed E-state index contributed by atoms with van der Waals surface area (Å²) < 4.78 is 2.89. The van der Waals surface area contributed by atoms with Crippen LogP contribution in [0.1, 0.15) is 55.4 Å². The lowest BCUT2D eigenvalue weighted by atomic mass is 9.68. The van der Waals surface area contributed by atoms with Crippen molar-refractivity contribution in [2.75, 3.05) is 13.1 Å². The number of rotatable bonds is 1. The number of amides is 1. The van der Waals surface area contributed by atoms with Gasteiger partial charge in [0.25, 0.3) is 5.91 Å². The number of hydrogen-bond acceptors (Lipinski definition) is 1. The largest absolute Gasteiger partial charge is 0.345 e. The van der Waals surface area contributed by atoms with E-state index in [9.17, 15) is 4.79 Å². The van der Waals surface area contributed by atoms with E-state index >= 15 is 0 Å². The molecule has 1 amide bonds. The van der Waals surface area contributed by atoms with E-state index in [-0.39, 0.29) is 5.91 Å². The number of halogens is 1. The number of nitrogens with zero attached hydrogens (tertiary/aromatic N) is 2. The van der Waals surface area contributed by atoms with Crippen LogP contribution in [0.3, 0.4) is 0 Å². The summed E-state index contributed by atoms with van der Waals surface area (Å²) in [6, 6.07) is 1.92. The Kier molecular flexibility index (Phi) is 3.93. The third-order valence-corrected chi connectivity index (χ3v) is 5.65. The van der Waals surface area contributed by atoms with Crippen LogP contribution in [-0.2, 0) is 7.05 Å². The van der Waals surface area contributed by atoms with Crippen LogP contribution in [0.4, 0.5) is 0 Å². The van der Waals surface area contributed by atoms with E-state index in [4.69, 9.17) is 0 Å². The average Bonchev–Trinajstić information content (AvgIpc) is 2.79. The first-order chi connectivity index (χ1) is 9.60. The summed E-state index contributed by atoms with van der Waals surface area (Å²) in [5, 5.41) is 0. The molecular formula is C16H23BrN2O. The molecule has 0 unspecified atom stereocenters. The van der Waals surface area contributed by atoms with Crippen molar-refractivity contribution in [2.24, 2.45) is 12.5 Å². The molecule has 110 valence electrons. The van der Waals surface area contributed by atoms with Crippen molar-refractivity contribution in [3.63, 3.8) is 0 Å². The Bertz CT molecular complexity index is 493. The number of piperidine rings is 1. The van der Waals surface area contributed by atoms with Crippen LogP contribution in [0.25, 0.3) is 0 Å². The lowest BCUT2D eigenvalue weighted by Crippen LogP contribution is -2.44. The van der Waals surface area contributed by atoms with Gasteiger partial charge in [-0.25, -0.2) is 0 Å². The Morgan fingerprint density at radius 2 is 1.80 bits per heavy atom. The van der Waals surface area contributed by atoms with E-state index in [0.717, 1.165) is 23.3 Å². The Morgan fingerprint density at radius 1 is 1.15 bits per heavy atom. The van der Waals surface area contributed by atoms with Crippen LogP contribution in [0.15, 0.2) is 16.7 Å². The fourth-order valence-corrected chi connectivity index (χ4v) is 4.41. The summed E-state index contributed by atoms with van der Waals surface area (Å²) in [7, 11) is 1.94. The lowest BCUT2D eigenvalue weighted by Gasteiger charge is -2.44. The molecule has 0 aromatic carbocycles. The summed E-state index contributed by atoms with van der Waals surface area (Å²) in [6.07, 6.45) is 11.3. The minimum absolute atomic E-state index is 0.184. The molecule has 1 aromatic heterocycles. The van der Waals surface area contributed by atoms with Crippen molar-refractivity contribution in [1.29, 1.82) is 0 Å². The molecule has 2 aliphatic rings. The van der Waals surface area contributed by atoms with E-state index in [1.54, 1.807) is 0 Å². The highest BCUT2D eigenvalue weighted by Crippen LogP contribution is 2.44. The normalized spacial score (nSPS) is 22.2. The van der Waals surface area contributed by atoms with Crippen molar-refractivity contribution in [3.05, 3.63) is 22.4 Å². The summed E-state index contributed by atoms with van der Waals surface area (Å²) in [5.74, 6) is 0.184. The van der Waals surface area contributed by atoms with Gasteiger partial charge in [-0.15, -0.1) is 0 Å². The molecule has 1 saturated carbocycles. The van der Waals surface area contributed by atoms with Gasteiger partial charge in [0.1, 0.15) is 5.69 Å². The second-order valence-corrected chi connectivity index (χ2v) is 7.42. The molecule has 3 rings (SSSR count). The van der Waals surface area contributed by atoms with Gasteiger partial charge < -0.3 is 9.47 Å². The second-order valence-electron chi connectivity index (χ2n) is 6.51. The molecule has 1 spiro atoms. The number of aromatic nitrogens is 1. The van der Waals surface area contributed by atoms with E-state index in [2.05, 4.69) is 15.9 Å². The number of likely N-dealkylation sites (tertiary alicyclic amines) is 1. The second kappa shape index (κ2) is 5.55. The van der Waals surface area contributed by atoms with Crippen LogP contribution < -0.4 is 0 Å². The first kappa shape index (κ1) is 14.2. The molecular weight excluding hydrogens is 316 g/mol. The Balaban J connectivity index is 1.66. The third kappa shape index (κ3) is 2.67. The van der Waals surface area contributed by atoms with Crippen molar-refractivity contribution < 1.29 is 4.79 Å². The van der Waals surface area contributed by atoms with E-state index in [0.29, 0.717) is 5.41 Å². The first-order valence-electron chi connectivity index (χ1n) is 7.71. The predicted octanol–water partition coefficient (Wildman–Crippen LogP) is 3.97. The maximum Gasteiger partial charge on any atom is 0.270 e. The molecule has 2 heterocycles. The van der Waals surface area contributed by atoms with Crippen LogP contribution in [0, 0.1) is 5.41 Å². The molecule has 0 N–H and O–H groups in total. The topological polar surface area (TPSA) is 25.2 Å². The zero-order valence-corrected chi connectivity index (χ0v) is 13.8. The highest BCUT2D eigenvalue weighted by atomic mass is 79.9. The van der Waals surface area contributed by atoms with Crippen molar-refractivity contribution in [3.8, 4) is 0 Å². The van der Waals surface area contributed by atoms with Gasteiger partial charge in [-0.3, -0.25) is 4.79 Å². The van der Waals surface area contributed by atoms with Gasteiger partial charge in [0.15, 0.2) is 0 Å². The monoisotopic (exact) mass is 338 g/mol. The van der Waals surface area contributed by atoms with Crippen molar-refractivity contribution >= 4 is 21.8 Å². The van der Waals surface area contributed by atoms with Crippen molar-refractivity contribution in [1.82, 2.24) is 9.47 Å². The molecule has 1 aliphatic heterocycles. The standard InChI is InChI=1S/C16H23BrN2O/c1-18-12-13(17)11-14(18)15(20)19-9-7-16(8-10-19)5-3-2-4-6-16/h11-12H,2-10H2,1H3. The summed E-state index contributed by atoms with van der Waals surface area (Å²) in [6.45, 7) is 1.86. The third-order valence-electron chi connectivity index (χ3n) is 5.22. The maximum absolute atomic E-state index is 12.6. The molecule has 0 atom stereocenters. The maximum atomic E-state index is 12.6. The summed E-state index contributed by atoms with van der Waals surface area (Å²) in [5.41, 5.74) is 1.35. The Morgan fingerprint density at radius 3 is 2.35 bits per heavy atom. The molecule has 0 radical (unpaired) electrons. The van der Waals surface area contributed by atoms with Gasteiger partial charge in [-0.05, 0) is 53.1 Å². The number of aryl methyl sites for hydroxylation is 1. The first-order valence-corrected chi connectivity index (χ1v) is 8.50. The van der Waals surface area contributed by atoms with Crippen molar-refractivity contribution in [2.45, 2.75) is 44.9 Å². The van der Waals surface area contributed by atoms with Gasteiger partial charge in [0.05, 0.1) is 0 Å². The van der Waals surface area contributed by atoms with E-state index in [1.807, 2.05) is 28.8 Å². The summed E-state index contributed by atoms with van der Waals surface area (Å²) in [4.78, 5) is 14.6.